The predicted molar refractivity (Wildman–Crippen MR) is 44.9 cm³/mol. The minimum absolute atomic E-state index is 0.0430. The third kappa shape index (κ3) is 2.88. The Morgan fingerprint density at radius 2 is 2.07 bits per heavy atom. The third-order valence-electron chi connectivity index (χ3n) is 1.51. The van der Waals surface area contributed by atoms with Crippen molar-refractivity contribution >= 4 is 5.82 Å². The standard InChI is InChI=1S/C7H8F3N3O2/c8-7(9,10)15-6-4(14)1-3(2-11)5(12)13-6/h1,14H,2,11H2,(H2,12,13). The molecule has 0 aliphatic rings. The smallest absolute Gasteiger partial charge is 0.503 e. The second kappa shape index (κ2) is 3.81. The highest BCUT2D eigenvalue weighted by Gasteiger charge is 2.33. The van der Waals surface area contributed by atoms with Gasteiger partial charge < -0.3 is 21.3 Å². The van der Waals surface area contributed by atoms with Crippen LogP contribution >= 0.6 is 0 Å². The highest BCUT2D eigenvalue weighted by molar-refractivity contribution is 5.48. The lowest BCUT2D eigenvalue weighted by molar-refractivity contribution is -0.276. The number of alkyl halides is 3. The Labute approximate surface area is 82.5 Å². The van der Waals surface area contributed by atoms with Crippen LogP contribution in [0.3, 0.4) is 0 Å². The van der Waals surface area contributed by atoms with Gasteiger partial charge in [-0.25, -0.2) is 0 Å². The number of aromatic nitrogens is 1. The molecule has 1 rings (SSSR count). The molecule has 0 bridgehead atoms. The van der Waals surface area contributed by atoms with Crippen molar-refractivity contribution in [1.29, 1.82) is 0 Å². The second-order valence-corrected chi connectivity index (χ2v) is 2.61. The normalized spacial score (nSPS) is 11.5. The van der Waals surface area contributed by atoms with E-state index in [-0.39, 0.29) is 17.9 Å². The van der Waals surface area contributed by atoms with Gasteiger partial charge >= 0.3 is 6.36 Å². The van der Waals surface area contributed by atoms with Gasteiger partial charge in [-0.3, -0.25) is 0 Å². The number of nitrogens with zero attached hydrogens (tertiary/aromatic N) is 1. The summed E-state index contributed by atoms with van der Waals surface area (Å²) < 4.78 is 38.8. The zero-order chi connectivity index (χ0) is 11.6. The van der Waals surface area contributed by atoms with Crippen molar-refractivity contribution in [2.24, 2.45) is 5.73 Å². The van der Waals surface area contributed by atoms with Crippen molar-refractivity contribution < 1.29 is 23.0 Å². The largest absolute Gasteiger partial charge is 0.574 e. The first-order valence-electron chi connectivity index (χ1n) is 3.77. The maximum Gasteiger partial charge on any atom is 0.574 e. The lowest BCUT2D eigenvalue weighted by Crippen LogP contribution is -2.18. The summed E-state index contributed by atoms with van der Waals surface area (Å²) in [6.45, 7) is -0.0430. The summed E-state index contributed by atoms with van der Waals surface area (Å²) in [4.78, 5) is 3.23. The summed E-state index contributed by atoms with van der Waals surface area (Å²) in [6, 6.07) is 0.976. The quantitative estimate of drug-likeness (QED) is 0.686. The Hall–Kier alpha value is -1.70. The summed E-state index contributed by atoms with van der Waals surface area (Å²) >= 11 is 0. The van der Waals surface area contributed by atoms with Crippen molar-refractivity contribution in [1.82, 2.24) is 4.98 Å². The van der Waals surface area contributed by atoms with E-state index in [9.17, 15) is 13.2 Å². The fraction of sp³-hybridized carbons (Fsp3) is 0.286. The molecule has 0 saturated carbocycles. The maximum absolute atomic E-state index is 11.8. The van der Waals surface area contributed by atoms with E-state index >= 15 is 0 Å². The topological polar surface area (TPSA) is 94.4 Å². The molecule has 5 nitrogen and oxygen atoms in total. The Balaban J connectivity index is 3.05. The number of hydrogen-bond acceptors (Lipinski definition) is 5. The van der Waals surface area contributed by atoms with Crippen molar-refractivity contribution in [2.75, 3.05) is 5.73 Å². The molecule has 0 unspecified atom stereocenters. The van der Waals surface area contributed by atoms with E-state index in [1.165, 1.54) is 0 Å². The van der Waals surface area contributed by atoms with E-state index in [1.54, 1.807) is 0 Å². The van der Waals surface area contributed by atoms with Gasteiger partial charge in [0.2, 0.25) is 0 Å². The molecule has 84 valence electrons. The molecular weight excluding hydrogens is 215 g/mol. The van der Waals surface area contributed by atoms with E-state index in [0.29, 0.717) is 0 Å². The molecule has 0 radical (unpaired) electrons. The van der Waals surface area contributed by atoms with E-state index in [0.717, 1.165) is 6.07 Å². The van der Waals surface area contributed by atoms with E-state index < -0.39 is 18.0 Å². The van der Waals surface area contributed by atoms with Gasteiger partial charge in [-0.15, -0.1) is 13.2 Å². The zero-order valence-electron chi connectivity index (χ0n) is 7.38. The molecule has 0 amide bonds. The Morgan fingerprint density at radius 3 is 2.53 bits per heavy atom. The molecule has 0 saturated heterocycles. The Morgan fingerprint density at radius 1 is 1.47 bits per heavy atom. The van der Waals surface area contributed by atoms with Crippen LogP contribution in [-0.4, -0.2) is 16.5 Å². The van der Waals surface area contributed by atoms with Crippen molar-refractivity contribution in [2.45, 2.75) is 12.9 Å². The second-order valence-electron chi connectivity index (χ2n) is 2.61. The molecule has 1 heterocycles. The van der Waals surface area contributed by atoms with Gasteiger partial charge in [-0.2, -0.15) is 4.98 Å². The molecule has 8 heteroatoms. The summed E-state index contributed by atoms with van der Waals surface area (Å²) in [5.74, 6) is -1.96. The molecule has 0 aliphatic heterocycles. The molecule has 0 aliphatic carbocycles. The first-order chi connectivity index (χ1) is 6.83. The highest BCUT2D eigenvalue weighted by Crippen LogP contribution is 2.31. The molecule has 0 atom stereocenters. The van der Waals surface area contributed by atoms with Gasteiger partial charge in [0, 0.05) is 12.1 Å². The SMILES string of the molecule is NCc1cc(O)c(OC(F)(F)F)nc1N. The number of nitrogen functional groups attached to an aromatic ring is 1. The Kier molecular flexibility index (Phi) is 2.89. The van der Waals surface area contributed by atoms with Gasteiger partial charge in [0.25, 0.3) is 5.88 Å². The molecule has 1 aromatic heterocycles. The third-order valence-corrected chi connectivity index (χ3v) is 1.51. The molecule has 15 heavy (non-hydrogen) atoms. The molecule has 0 fully saturated rings. The van der Waals surface area contributed by atoms with Gasteiger partial charge in [-0.05, 0) is 6.07 Å². The number of pyridine rings is 1. The lowest BCUT2D eigenvalue weighted by Gasteiger charge is -2.11. The minimum Gasteiger partial charge on any atom is -0.503 e. The number of nitrogens with two attached hydrogens (primary N) is 2. The zero-order valence-corrected chi connectivity index (χ0v) is 7.38. The minimum atomic E-state index is -4.93. The number of rotatable bonds is 2. The summed E-state index contributed by atoms with van der Waals surface area (Å²) in [5.41, 5.74) is 10.7. The number of aromatic hydroxyl groups is 1. The van der Waals surface area contributed by atoms with Crippen molar-refractivity contribution in [3.8, 4) is 11.6 Å². The lowest BCUT2D eigenvalue weighted by atomic mass is 10.2. The highest BCUT2D eigenvalue weighted by atomic mass is 19.4. The molecular formula is C7H8F3N3O2. The molecule has 0 aromatic carbocycles. The first kappa shape index (κ1) is 11.4. The van der Waals surface area contributed by atoms with Gasteiger partial charge in [0.05, 0.1) is 0 Å². The van der Waals surface area contributed by atoms with Crippen LogP contribution in [0.15, 0.2) is 6.07 Å². The van der Waals surface area contributed by atoms with Crippen LogP contribution in [0, 0.1) is 0 Å². The van der Waals surface area contributed by atoms with Crippen LogP contribution in [0.1, 0.15) is 5.56 Å². The number of anilines is 1. The average molecular weight is 223 g/mol. The molecule has 5 N–H and O–H groups in total. The monoisotopic (exact) mass is 223 g/mol. The summed E-state index contributed by atoms with van der Waals surface area (Å²) in [5, 5.41) is 9.11. The van der Waals surface area contributed by atoms with E-state index in [2.05, 4.69) is 9.72 Å². The van der Waals surface area contributed by atoms with Gasteiger partial charge in [0.1, 0.15) is 5.82 Å². The van der Waals surface area contributed by atoms with Crippen LogP contribution in [0.5, 0.6) is 11.6 Å². The van der Waals surface area contributed by atoms with Crippen molar-refractivity contribution in [3.63, 3.8) is 0 Å². The number of halogens is 3. The molecule has 0 spiro atoms. The van der Waals surface area contributed by atoms with Gasteiger partial charge in [0.15, 0.2) is 5.75 Å². The van der Waals surface area contributed by atoms with Crippen LogP contribution < -0.4 is 16.2 Å². The van der Waals surface area contributed by atoms with Crippen LogP contribution in [0.4, 0.5) is 19.0 Å². The number of ether oxygens (including phenoxy) is 1. The predicted octanol–water partition coefficient (Wildman–Crippen LogP) is 0.727. The number of hydrogen-bond donors (Lipinski definition) is 3. The van der Waals surface area contributed by atoms with Crippen LogP contribution in [0.2, 0.25) is 0 Å². The van der Waals surface area contributed by atoms with E-state index in [4.69, 9.17) is 16.6 Å². The average Bonchev–Trinajstić information content (AvgIpc) is 2.08. The van der Waals surface area contributed by atoms with Gasteiger partial charge in [-0.1, -0.05) is 0 Å². The van der Waals surface area contributed by atoms with Crippen LogP contribution in [0.25, 0.3) is 0 Å². The first-order valence-corrected chi connectivity index (χ1v) is 3.77. The van der Waals surface area contributed by atoms with Crippen molar-refractivity contribution in [3.05, 3.63) is 11.6 Å². The fourth-order valence-electron chi connectivity index (χ4n) is 0.887. The fourth-order valence-corrected chi connectivity index (χ4v) is 0.887. The Bertz CT molecular complexity index is 367. The summed E-state index contributed by atoms with van der Waals surface area (Å²) in [6.07, 6.45) is -4.93. The van der Waals surface area contributed by atoms with Crippen LogP contribution in [-0.2, 0) is 6.54 Å². The maximum atomic E-state index is 11.8. The molecule has 1 aromatic rings. The van der Waals surface area contributed by atoms with E-state index in [1.807, 2.05) is 0 Å². The summed E-state index contributed by atoms with van der Waals surface area (Å²) in [7, 11) is 0.